The number of para-hydroxylation sites is 1. The van der Waals surface area contributed by atoms with E-state index in [9.17, 15) is 0 Å². The van der Waals surface area contributed by atoms with E-state index in [0.29, 0.717) is 17.6 Å². The first kappa shape index (κ1) is 12.9. The summed E-state index contributed by atoms with van der Waals surface area (Å²) in [4.78, 5) is 8.92. The Kier molecular flexibility index (Phi) is 3.30. The highest BCUT2D eigenvalue weighted by Crippen LogP contribution is 2.40. The summed E-state index contributed by atoms with van der Waals surface area (Å²) in [7, 11) is 0. The topological polar surface area (TPSA) is 61.0 Å². The minimum Gasteiger partial charge on any atom is -0.438 e. The van der Waals surface area contributed by atoms with Gasteiger partial charge >= 0.3 is 0 Å². The van der Waals surface area contributed by atoms with Crippen molar-refractivity contribution in [3.8, 4) is 11.6 Å². The number of hydrogen-bond acceptors (Lipinski definition) is 4. The van der Waals surface area contributed by atoms with Gasteiger partial charge in [0.15, 0.2) is 0 Å². The standard InChI is InChI=1S/C16H19N3O/c1-3-11-6-4-5-7-13(11)20-16-10(2)14(17)18-15(19-16)12-8-9-12/h4-7,12H,3,8-9H2,1-2H3,(H2,17,18,19). The molecule has 1 fully saturated rings. The van der Waals surface area contributed by atoms with E-state index in [1.807, 2.05) is 25.1 Å². The van der Waals surface area contributed by atoms with Gasteiger partial charge in [0.25, 0.3) is 0 Å². The number of anilines is 1. The van der Waals surface area contributed by atoms with Gasteiger partial charge in [0.05, 0.1) is 5.56 Å². The largest absolute Gasteiger partial charge is 0.438 e. The lowest BCUT2D eigenvalue weighted by molar-refractivity contribution is 0.450. The van der Waals surface area contributed by atoms with Gasteiger partial charge in [-0.05, 0) is 37.8 Å². The molecule has 2 aromatic rings. The van der Waals surface area contributed by atoms with Crippen molar-refractivity contribution in [3.63, 3.8) is 0 Å². The summed E-state index contributed by atoms with van der Waals surface area (Å²) >= 11 is 0. The average molecular weight is 269 g/mol. The Hall–Kier alpha value is -2.10. The van der Waals surface area contributed by atoms with Crippen LogP contribution in [0.2, 0.25) is 0 Å². The van der Waals surface area contributed by atoms with E-state index in [-0.39, 0.29) is 0 Å². The van der Waals surface area contributed by atoms with E-state index in [1.165, 1.54) is 0 Å². The van der Waals surface area contributed by atoms with Crippen molar-refractivity contribution in [1.82, 2.24) is 9.97 Å². The molecule has 1 aromatic heterocycles. The van der Waals surface area contributed by atoms with E-state index in [0.717, 1.165) is 42.0 Å². The Morgan fingerprint density at radius 3 is 2.70 bits per heavy atom. The molecule has 4 nitrogen and oxygen atoms in total. The zero-order valence-electron chi connectivity index (χ0n) is 11.9. The van der Waals surface area contributed by atoms with Crippen molar-refractivity contribution >= 4 is 5.82 Å². The molecule has 1 saturated carbocycles. The molecule has 4 heteroatoms. The third-order valence-electron chi connectivity index (χ3n) is 3.66. The summed E-state index contributed by atoms with van der Waals surface area (Å²) in [5.74, 6) is 3.22. The molecule has 0 atom stereocenters. The van der Waals surface area contributed by atoms with Crippen molar-refractivity contribution in [1.29, 1.82) is 0 Å². The molecular formula is C16H19N3O. The summed E-state index contributed by atoms with van der Waals surface area (Å²) in [6.07, 6.45) is 3.21. The lowest BCUT2D eigenvalue weighted by Crippen LogP contribution is -2.04. The number of nitrogens with zero attached hydrogens (tertiary/aromatic N) is 2. The van der Waals surface area contributed by atoms with Gasteiger partial charge in [0, 0.05) is 5.92 Å². The molecule has 1 aromatic carbocycles. The van der Waals surface area contributed by atoms with Crippen LogP contribution in [0.5, 0.6) is 11.6 Å². The molecule has 1 heterocycles. The van der Waals surface area contributed by atoms with Crippen LogP contribution in [0, 0.1) is 6.92 Å². The first-order valence-electron chi connectivity index (χ1n) is 7.08. The highest BCUT2D eigenvalue weighted by atomic mass is 16.5. The second kappa shape index (κ2) is 5.12. The highest BCUT2D eigenvalue weighted by Gasteiger charge is 2.28. The van der Waals surface area contributed by atoms with Crippen molar-refractivity contribution < 1.29 is 4.74 Å². The first-order valence-corrected chi connectivity index (χ1v) is 7.08. The van der Waals surface area contributed by atoms with Gasteiger partial charge in [-0.3, -0.25) is 0 Å². The van der Waals surface area contributed by atoms with Crippen molar-refractivity contribution in [2.45, 2.75) is 39.0 Å². The zero-order chi connectivity index (χ0) is 14.1. The third kappa shape index (κ3) is 2.46. The van der Waals surface area contributed by atoms with Crippen LogP contribution in [-0.4, -0.2) is 9.97 Å². The average Bonchev–Trinajstić information content (AvgIpc) is 3.28. The summed E-state index contributed by atoms with van der Waals surface area (Å²) in [6, 6.07) is 8.02. The smallest absolute Gasteiger partial charge is 0.227 e. The number of nitrogens with two attached hydrogens (primary N) is 1. The molecule has 1 aliphatic rings. The normalized spacial score (nSPS) is 14.3. The Morgan fingerprint density at radius 1 is 1.25 bits per heavy atom. The molecule has 1 aliphatic carbocycles. The predicted octanol–water partition coefficient (Wildman–Crippen LogP) is 3.60. The monoisotopic (exact) mass is 269 g/mol. The van der Waals surface area contributed by atoms with E-state index >= 15 is 0 Å². The summed E-state index contributed by atoms with van der Waals surface area (Å²) < 4.78 is 6.00. The quantitative estimate of drug-likeness (QED) is 0.921. The summed E-state index contributed by atoms with van der Waals surface area (Å²) in [5, 5.41) is 0. The molecule has 20 heavy (non-hydrogen) atoms. The zero-order valence-corrected chi connectivity index (χ0v) is 11.9. The number of hydrogen-bond donors (Lipinski definition) is 1. The van der Waals surface area contributed by atoms with Crippen LogP contribution in [-0.2, 0) is 6.42 Å². The fourth-order valence-corrected chi connectivity index (χ4v) is 2.15. The molecule has 0 unspecified atom stereocenters. The van der Waals surface area contributed by atoms with E-state index in [1.54, 1.807) is 0 Å². The number of nitrogen functional groups attached to an aromatic ring is 1. The molecule has 0 saturated heterocycles. The Bertz CT molecular complexity index is 636. The first-order chi connectivity index (χ1) is 9.69. The van der Waals surface area contributed by atoms with Crippen molar-refractivity contribution in [3.05, 3.63) is 41.2 Å². The van der Waals surface area contributed by atoms with Gasteiger partial charge in [-0.1, -0.05) is 25.1 Å². The molecule has 0 spiro atoms. The predicted molar refractivity (Wildman–Crippen MR) is 79.1 cm³/mol. The fraction of sp³-hybridized carbons (Fsp3) is 0.375. The van der Waals surface area contributed by atoms with Gasteiger partial charge in [-0.15, -0.1) is 0 Å². The van der Waals surface area contributed by atoms with Crippen molar-refractivity contribution in [2.24, 2.45) is 0 Å². The van der Waals surface area contributed by atoms with Crippen LogP contribution in [0.4, 0.5) is 5.82 Å². The Balaban J connectivity index is 1.97. The molecule has 0 bridgehead atoms. The van der Waals surface area contributed by atoms with Crippen LogP contribution in [0.1, 0.15) is 42.6 Å². The van der Waals surface area contributed by atoms with Crippen LogP contribution in [0.25, 0.3) is 0 Å². The molecule has 0 radical (unpaired) electrons. The number of rotatable bonds is 4. The van der Waals surface area contributed by atoms with E-state index < -0.39 is 0 Å². The van der Waals surface area contributed by atoms with Crippen molar-refractivity contribution in [2.75, 3.05) is 5.73 Å². The lowest BCUT2D eigenvalue weighted by atomic mass is 10.1. The minimum absolute atomic E-state index is 0.460. The minimum atomic E-state index is 0.460. The van der Waals surface area contributed by atoms with Crippen LogP contribution < -0.4 is 10.5 Å². The summed E-state index contributed by atoms with van der Waals surface area (Å²) in [6.45, 7) is 4.01. The molecule has 0 amide bonds. The molecule has 104 valence electrons. The number of ether oxygens (including phenoxy) is 1. The maximum Gasteiger partial charge on any atom is 0.227 e. The SMILES string of the molecule is CCc1ccccc1Oc1nc(C2CC2)nc(N)c1C. The molecule has 2 N–H and O–H groups in total. The maximum absolute atomic E-state index is 6.00. The molecule has 3 rings (SSSR count). The van der Waals surface area contributed by atoms with Gasteiger partial charge in [0.2, 0.25) is 5.88 Å². The maximum atomic E-state index is 6.00. The number of benzene rings is 1. The van der Waals surface area contributed by atoms with Crippen LogP contribution >= 0.6 is 0 Å². The fourth-order valence-electron chi connectivity index (χ4n) is 2.15. The highest BCUT2D eigenvalue weighted by molar-refractivity contribution is 5.47. The third-order valence-corrected chi connectivity index (χ3v) is 3.66. The Morgan fingerprint density at radius 2 is 2.00 bits per heavy atom. The second-order valence-electron chi connectivity index (χ2n) is 5.23. The number of aryl methyl sites for hydroxylation is 1. The molecule has 0 aliphatic heterocycles. The van der Waals surface area contributed by atoms with Gasteiger partial charge < -0.3 is 10.5 Å². The summed E-state index contributed by atoms with van der Waals surface area (Å²) in [5.41, 5.74) is 7.95. The van der Waals surface area contributed by atoms with E-state index in [2.05, 4.69) is 23.0 Å². The Labute approximate surface area is 119 Å². The van der Waals surface area contributed by atoms with Crippen LogP contribution in [0.15, 0.2) is 24.3 Å². The van der Waals surface area contributed by atoms with E-state index in [4.69, 9.17) is 10.5 Å². The van der Waals surface area contributed by atoms with Gasteiger partial charge in [-0.25, -0.2) is 4.98 Å². The second-order valence-corrected chi connectivity index (χ2v) is 5.23. The van der Waals surface area contributed by atoms with Gasteiger partial charge in [0.1, 0.15) is 17.4 Å². The van der Waals surface area contributed by atoms with Crippen LogP contribution in [0.3, 0.4) is 0 Å². The van der Waals surface area contributed by atoms with Gasteiger partial charge in [-0.2, -0.15) is 4.98 Å². The lowest BCUT2D eigenvalue weighted by Gasteiger charge is -2.13. The molecular weight excluding hydrogens is 250 g/mol. The number of aromatic nitrogens is 2.